The number of pyridine rings is 1. The second-order valence-corrected chi connectivity index (χ2v) is 10.7. The van der Waals surface area contributed by atoms with Crippen LogP contribution in [0.4, 0.5) is 9.18 Å². The number of nitrogens with zero attached hydrogens (tertiary/aromatic N) is 2. The van der Waals surface area contributed by atoms with Gasteiger partial charge in [0, 0.05) is 46.9 Å². The molecule has 3 rings (SSSR count). The van der Waals surface area contributed by atoms with Crippen LogP contribution in [0.25, 0.3) is 0 Å². The van der Waals surface area contributed by atoms with Crippen LogP contribution < -0.4 is 10.6 Å². The highest BCUT2D eigenvalue weighted by Gasteiger charge is 2.43. The molecule has 7 heteroatoms. The van der Waals surface area contributed by atoms with Crippen LogP contribution >= 0.6 is 11.3 Å². The van der Waals surface area contributed by atoms with Gasteiger partial charge in [-0.05, 0) is 84.2 Å². The molecule has 31 heavy (non-hydrogen) atoms. The third-order valence-electron chi connectivity index (χ3n) is 6.42. The first-order valence-electron chi connectivity index (χ1n) is 11.1. The average molecular weight is 447 g/mol. The van der Waals surface area contributed by atoms with Crippen LogP contribution in [-0.4, -0.2) is 41.6 Å². The molecule has 5 nitrogen and oxygen atoms in total. The first kappa shape index (κ1) is 23.7. The van der Waals surface area contributed by atoms with E-state index in [1.165, 1.54) is 23.0 Å². The summed E-state index contributed by atoms with van der Waals surface area (Å²) in [6, 6.07) is 7.60. The molecule has 0 aliphatic carbocycles. The van der Waals surface area contributed by atoms with Gasteiger partial charge in [0.1, 0.15) is 0 Å². The number of carbonyl (C=O) groups excluding carboxylic acids is 1. The summed E-state index contributed by atoms with van der Waals surface area (Å²) in [5, 5.41) is 5.87. The molecule has 1 atom stereocenters. The molecule has 0 aromatic carbocycles. The molecule has 0 bridgehead atoms. The standard InChI is InChI=1S/C24H35FN4OS/c1-17(2)28-22(30)27-15-24(11-10-20-8-9-21(25)31-20)12-13-29(16-24)23(4,5)19-7-6-18(3)26-14-19/h6-9,14,17H,10-13,15-16H2,1-5H3,(H2,27,28,30)/t24-/m0/s1. The van der Waals surface area contributed by atoms with Crippen LogP contribution in [0.2, 0.25) is 0 Å². The Morgan fingerprint density at radius 1 is 1.32 bits per heavy atom. The van der Waals surface area contributed by atoms with Gasteiger partial charge >= 0.3 is 6.03 Å². The first-order valence-corrected chi connectivity index (χ1v) is 11.9. The minimum atomic E-state index is -0.155. The van der Waals surface area contributed by atoms with Crippen molar-refractivity contribution in [3.05, 3.63) is 51.7 Å². The number of aryl methyl sites for hydroxylation is 2. The Kier molecular flexibility index (Phi) is 7.37. The molecule has 2 N–H and O–H groups in total. The Hall–Kier alpha value is -1.99. The predicted molar refractivity (Wildman–Crippen MR) is 125 cm³/mol. The summed E-state index contributed by atoms with van der Waals surface area (Å²) in [5.41, 5.74) is 2.00. The number of aromatic nitrogens is 1. The zero-order chi connectivity index (χ0) is 22.6. The Morgan fingerprint density at radius 3 is 2.71 bits per heavy atom. The number of rotatable bonds is 8. The summed E-state index contributed by atoms with van der Waals surface area (Å²) < 4.78 is 13.5. The quantitative estimate of drug-likeness (QED) is 0.609. The number of likely N-dealkylation sites (tertiary alicyclic amines) is 1. The van der Waals surface area contributed by atoms with Gasteiger partial charge in [0.25, 0.3) is 0 Å². The minimum Gasteiger partial charge on any atom is -0.338 e. The first-order chi connectivity index (χ1) is 14.6. The van der Waals surface area contributed by atoms with E-state index < -0.39 is 0 Å². The lowest BCUT2D eigenvalue weighted by atomic mass is 9.81. The highest BCUT2D eigenvalue weighted by Crippen LogP contribution is 2.41. The number of hydrogen-bond acceptors (Lipinski definition) is 4. The summed E-state index contributed by atoms with van der Waals surface area (Å²) in [6.07, 6.45) is 4.69. The number of amides is 2. The summed E-state index contributed by atoms with van der Waals surface area (Å²) in [5.74, 6) is 0. The van der Waals surface area contributed by atoms with Crippen LogP contribution in [0.3, 0.4) is 0 Å². The van der Waals surface area contributed by atoms with Crippen LogP contribution in [-0.2, 0) is 12.0 Å². The minimum absolute atomic E-state index is 0.0514. The van der Waals surface area contributed by atoms with E-state index in [2.05, 4.69) is 46.5 Å². The van der Waals surface area contributed by atoms with Crippen molar-refractivity contribution in [1.29, 1.82) is 0 Å². The fourth-order valence-corrected chi connectivity index (χ4v) is 5.04. The lowest BCUT2D eigenvalue weighted by Gasteiger charge is -2.38. The van der Waals surface area contributed by atoms with E-state index in [4.69, 9.17) is 0 Å². The number of thiophene rings is 1. The third kappa shape index (κ3) is 6.04. The SMILES string of the molecule is Cc1ccc(C(C)(C)N2CC[C@@](CCc3ccc(F)s3)(CNC(=O)NC(C)C)C2)cn1. The van der Waals surface area contributed by atoms with Crippen molar-refractivity contribution >= 4 is 17.4 Å². The molecule has 1 aliphatic heterocycles. The Morgan fingerprint density at radius 2 is 2.10 bits per heavy atom. The van der Waals surface area contributed by atoms with Crippen molar-refractivity contribution in [3.63, 3.8) is 0 Å². The van der Waals surface area contributed by atoms with Gasteiger partial charge in [0.15, 0.2) is 5.13 Å². The van der Waals surface area contributed by atoms with Crippen LogP contribution in [0, 0.1) is 17.5 Å². The molecule has 0 radical (unpaired) electrons. The van der Waals surface area contributed by atoms with E-state index >= 15 is 0 Å². The van der Waals surface area contributed by atoms with Crippen molar-refractivity contribution < 1.29 is 9.18 Å². The molecule has 2 amide bonds. The topological polar surface area (TPSA) is 57.3 Å². The molecular formula is C24H35FN4OS. The summed E-state index contributed by atoms with van der Waals surface area (Å²) in [7, 11) is 0. The second-order valence-electron chi connectivity index (χ2n) is 9.61. The number of carbonyl (C=O) groups is 1. The predicted octanol–water partition coefficient (Wildman–Crippen LogP) is 4.86. The Balaban J connectivity index is 1.74. The smallest absolute Gasteiger partial charge is 0.315 e. The average Bonchev–Trinajstić information content (AvgIpc) is 3.32. The van der Waals surface area contributed by atoms with E-state index in [1.54, 1.807) is 0 Å². The van der Waals surface area contributed by atoms with Crippen LogP contribution in [0.5, 0.6) is 0 Å². The maximum Gasteiger partial charge on any atom is 0.315 e. The van der Waals surface area contributed by atoms with E-state index in [-0.39, 0.29) is 28.2 Å². The molecule has 3 heterocycles. The number of nitrogens with one attached hydrogen (secondary N) is 2. The van der Waals surface area contributed by atoms with E-state index in [9.17, 15) is 9.18 Å². The molecule has 2 aromatic heterocycles. The van der Waals surface area contributed by atoms with Crippen molar-refractivity contribution in [3.8, 4) is 0 Å². The summed E-state index contributed by atoms with van der Waals surface area (Å²) in [4.78, 5) is 20.3. The van der Waals surface area contributed by atoms with Gasteiger partial charge in [0.2, 0.25) is 0 Å². The molecule has 0 saturated carbocycles. The summed E-state index contributed by atoms with van der Waals surface area (Å²) in [6.45, 7) is 12.8. The molecular weight excluding hydrogens is 411 g/mol. The molecule has 2 aromatic rings. The van der Waals surface area contributed by atoms with Crippen molar-refractivity contribution in [1.82, 2.24) is 20.5 Å². The van der Waals surface area contributed by atoms with Crippen molar-refractivity contribution in [2.24, 2.45) is 5.41 Å². The zero-order valence-corrected chi connectivity index (χ0v) is 20.1. The largest absolute Gasteiger partial charge is 0.338 e. The fourth-order valence-electron chi connectivity index (χ4n) is 4.32. The van der Waals surface area contributed by atoms with Gasteiger partial charge < -0.3 is 10.6 Å². The lowest BCUT2D eigenvalue weighted by Crippen LogP contribution is -2.47. The van der Waals surface area contributed by atoms with Crippen LogP contribution in [0.1, 0.15) is 56.7 Å². The number of hydrogen-bond donors (Lipinski definition) is 2. The maximum absolute atomic E-state index is 13.5. The lowest BCUT2D eigenvalue weighted by molar-refractivity contribution is 0.127. The number of halogens is 1. The van der Waals surface area contributed by atoms with E-state index in [0.717, 1.165) is 42.9 Å². The fraction of sp³-hybridized carbons (Fsp3) is 0.583. The highest BCUT2D eigenvalue weighted by molar-refractivity contribution is 7.10. The molecule has 1 aliphatic rings. The van der Waals surface area contributed by atoms with E-state index in [1.807, 2.05) is 33.0 Å². The molecule has 0 unspecified atom stereocenters. The van der Waals surface area contributed by atoms with Gasteiger partial charge in [-0.25, -0.2) is 4.79 Å². The molecule has 170 valence electrons. The molecule has 0 spiro atoms. The molecule has 1 fully saturated rings. The van der Waals surface area contributed by atoms with Gasteiger partial charge in [-0.1, -0.05) is 6.07 Å². The maximum atomic E-state index is 13.5. The second kappa shape index (κ2) is 9.65. The van der Waals surface area contributed by atoms with Gasteiger partial charge in [0.05, 0.1) is 0 Å². The van der Waals surface area contributed by atoms with Gasteiger partial charge in [-0.2, -0.15) is 4.39 Å². The monoisotopic (exact) mass is 446 g/mol. The van der Waals surface area contributed by atoms with Crippen LogP contribution in [0.15, 0.2) is 30.5 Å². The van der Waals surface area contributed by atoms with Gasteiger partial charge in [-0.3, -0.25) is 9.88 Å². The van der Waals surface area contributed by atoms with E-state index in [0.29, 0.717) is 6.54 Å². The Bertz CT molecular complexity index is 880. The van der Waals surface area contributed by atoms with Crippen molar-refractivity contribution in [2.45, 2.75) is 65.5 Å². The number of urea groups is 1. The highest BCUT2D eigenvalue weighted by atomic mass is 32.1. The normalized spacial score (nSPS) is 19.7. The zero-order valence-electron chi connectivity index (χ0n) is 19.3. The third-order valence-corrected chi connectivity index (χ3v) is 7.35. The van der Waals surface area contributed by atoms with Crippen molar-refractivity contribution in [2.75, 3.05) is 19.6 Å². The van der Waals surface area contributed by atoms with Gasteiger partial charge in [-0.15, -0.1) is 11.3 Å². The Labute approximate surface area is 189 Å². The molecule has 1 saturated heterocycles. The summed E-state index contributed by atoms with van der Waals surface area (Å²) >= 11 is 1.22.